The van der Waals surface area contributed by atoms with Crippen molar-refractivity contribution in [3.63, 3.8) is 0 Å². The van der Waals surface area contributed by atoms with Crippen LogP contribution in [0.25, 0.3) is 0 Å². The third-order valence-electron chi connectivity index (χ3n) is 3.18. The van der Waals surface area contributed by atoms with Crippen LogP contribution in [0.5, 0.6) is 0 Å². The Kier molecular flexibility index (Phi) is 3.06. The number of nitrogens with zero attached hydrogens (tertiary/aromatic N) is 1. The zero-order valence-corrected chi connectivity index (χ0v) is 10.9. The number of fused-ring (bicyclic) bond motifs is 1. The molecule has 0 fully saturated rings. The van der Waals surface area contributed by atoms with Crippen LogP contribution in [-0.2, 0) is 0 Å². The molecule has 1 aromatic rings. The van der Waals surface area contributed by atoms with Crippen molar-refractivity contribution in [3.8, 4) is 0 Å². The van der Waals surface area contributed by atoms with Crippen LogP contribution in [0.4, 0.5) is 0 Å². The average molecular weight is 259 g/mol. The van der Waals surface area contributed by atoms with Crippen molar-refractivity contribution >= 4 is 23.4 Å². The molecule has 1 aliphatic heterocycles. The number of imide groups is 1. The van der Waals surface area contributed by atoms with Crippen molar-refractivity contribution < 1.29 is 19.2 Å². The predicted molar refractivity (Wildman–Crippen MR) is 67.5 cm³/mol. The Labute approximate surface area is 110 Å². The number of carbonyl (C=O) groups is 4. The van der Waals surface area contributed by atoms with Crippen molar-refractivity contribution in [2.24, 2.45) is 0 Å². The van der Waals surface area contributed by atoms with Crippen LogP contribution in [0, 0.1) is 0 Å². The fourth-order valence-corrected chi connectivity index (χ4v) is 2.21. The Hall–Kier alpha value is -2.30. The van der Waals surface area contributed by atoms with E-state index in [0.717, 1.165) is 4.90 Å². The molecule has 0 aromatic heterocycles. The van der Waals surface area contributed by atoms with Crippen LogP contribution >= 0.6 is 0 Å². The fourth-order valence-electron chi connectivity index (χ4n) is 2.21. The van der Waals surface area contributed by atoms with Gasteiger partial charge in [0.2, 0.25) is 0 Å². The summed E-state index contributed by atoms with van der Waals surface area (Å²) in [5.41, 5.74) is 0.764. The SMILES string of the molecule is CCN1C(=O)c2cc(C(C)=O)c(C(C)=O)cc2C1=O. The number of carbonyl (C=O) groups excluding carboxylic acids is 4. The first-order chi connectivity index (χ1) is 8.88. The monoisotopic (exact) mass is 259 g/mol. The number of ketones is 2. The summed E-state index contributed by atoms with van der Waals surface area (Å²) in [6, 6.07) is 2.70. The maximum absolute atomic E-state index is 12.0. The third-order valence-corrected chi connectivity index (χ3v) is 3.18. The Morgan fingerprint density at radius 3 is 1.58 bits per heavy atom. The number of rotatable bonds is 3. The van der Waals surface area contributed by atoms with Crippen LogP contribution in [-0.4, -0.2) is 34.8 Å². The van der Waals surface area contributed by atoms with Crippen molar-refractivity contribution in [2.45, 2.75) is 20.8 Å². The normalized spacial score (nSPS) is 13.7. The first kappa shape index (κ1) is 13.1. The minimum Gasteiger partial charge on any atom is -0.294 e. The molecule has 0 radical (unpaired) electrons. The average Bonchev–Trinajstić information content (AvgIpc) is 2.59. The summed E-state index contributed by atoms with van der Waals surface area (Å²) in [6.07, 6.45) is 0. The van der Waals surface area contributed by atoms with Gasteiger partial charge in [-0.3, -0.25) is 24.1 Å². The predicted octanol–water partition coefficient (Wildman–Crippen LogP) is 1.71. The molecule has 1 aromatic carbocycles. The third kappa shape index (κ3) is 1.87. The highest BCUT2D eigenvalue weighted by Gasteiger charge is 2.36. The van der Waals surface area contributed by atoms with Crippen LogP contribution < -0.4 is 0 Å². The maximum Gasteiger partial charge on any atom is 0.261 e. The lowest BCUT2D eigenvalue weighted by atomic mass is 9.95. The highest BCUT2D eigenvalue weighted by Crippen LogP contribution is 2.26. The molecule has 5 heteroatoms. The zero-order chi connectivity index (χ0) is 14.3. The van der Waals surface area contributed by atoms with E-state index < -0.39 is 11.8 Å². The van der Waals surface area contributed by atoms with Gasteiger partial charge in [0.15, 0.2) is 11.6 Å². The van der Waals surface area contributed by atoms with Crippen molar-refractivity contribution in [1.82, 2.24) is 4.90 Å². The van der Waals surface area contributed by atoms with E-state index in [1.807, 2.05) is 0 Å². The molecule has 0 aliphatic carbocycles. The van der Waals surface area contributed by atoms with Gasteiger partial charge in [0.1, 0.15) is 0 Å². The second-order valence-corrected chi connectivity index (χ2v) is 4.41. The topological polar surface area (TPSA) is 71.5 Å². The Bertz CT molecular complexity index is 578. The highest BCUT2D eigenvalue weighted by atomic mass is 16.2. The molecule has 19 heavy (non-hydrogen) atoms. The molecule has 0 saturated heterocycles. The summed E-state index contributed by atoms with van der Waals surface area (Å²) in [5, 5.41) is 0. The van der Waals surface area contributed by atoms with Crippen molar-refractivity contribution in [3.05, 3.63) is 34.4 Å². The quantitative estimate of drug-likeness (QED) is 0.612. The standard InChI is InChI=1S/C14H13NO4/c1-4-15-13(18)11-5-9(7(2)16)10(8(3)17)6-12(11)14(15)19/h5-6H,4H2,1-3H3. The number of amides is 2. The van der Waals surface area contributed by atoms with Gasteiger partial charge in [-0.1, -0.05) is 0 Å². The molecule has 5 nitrogen and oxygen atoms in total. The summed E-state index contributed by atoms with van der Waals surface area (Å²) < 4.78 is 0. The molecule has 1 aliphatic rings. The zero-order valence-electron chi connectivity index (χ0n) is 10.9. The van der Waals surface area contributed by atoms with Gasteiger partial charge in [-0.25, -0.2) is 0 Å². The molecule has 2 rings (SSSR count). The highest BCUT2D eigenvalue weighted by molar-refractivity contribution is 6.23. The maximum atomic E-state index is 12.0. The molecule has 98 valence electrons. The van der Waals surface area contributed by atoms with Gasteiger partial charge < -0.3 is 0 Å². The van der Waals surface area contributed by atoms with Gasteiger partial charge in [0.25, 0.3) is 11.8 Å². The summed E-state index contributed by atoms with van der Waals surface area (Å²) in [4.78, 5) is 48.2. The van der Waals surface area contributed by atoms with Crippen LogP contribution in [0.3, 0.4) is 0 Å². The van der Waals surface area contributed by atoms with E-state index in [0.29, 0.717) is 0 Å². The molecular weight excluding hydrogens is 246 g/mol. The van der Waals surface area contributed by atoms with Gasteiger partial charge in [-0.15, -0.1) is 0 Å². The number of Topliss-reactive ketones (excluding diaryl/α,β-unsaturated/α-hetero) is 2. The van der Waals surface area contributed by atoms with E-state index in [9.17, 15) is 19.2 Å². The Morgan fingerprint density at radius 1 is 0.947 bits per heavy atom. The van der Waals surface area contributed by atoms with Crippen LogP contribution in [0.1, 0.15) is 62.2 Å². The molecule has 0 saturated carbocycles. The lowest BCUT2D eigenvalue weighted by Gasteiger charge is -2.08. The lowest BCUT2D eigenvalue weighted by Crippen LogP contribution is -2.29. The molecule has 0 bridgehead atoms. The van der Waals surface area contributed by atoms with Gasteiger partial charge >= 0.3 is 0 Å². The van der Waals surface area contributed by atoms with Crippen molar-refractivity contribution in [1.29, 1.82) is 0 Å². The van der Waals surface area contributed by atoms with Gasteiger partial charge in [0, 0.05) is 17.7 Å². The van der Waals surface area contributed by atoms with Gasteiger partial charge in [-0.2, -0.15) is 0 Å². The van der Waals surface area contributed by atoms with Gasteiger partial charge in [-0.05, 0) is 32.9 Å². The van der Waals surface area contributed by atoms with E-state index in [-0.39, 0.29) is 40.4 Å². The Morgan fingerprint density at radius 2 is 1.32 bits per heavy atom. The molecule has 0 N–H and O–H groups in total. The summed E-state index contributed by atoms with van der Waals surface area (Å²) in [6.45, 7) is 4.61. The minimum absolute atomic E-state index is 0.186. The Balaban J connectivity index is 2.72. The van der Waals surface area contributed by atoms with Crippen molar-refractivity contribution in [2.75, 3.05) is 6.54 Å². The van der Waals surface area contributed by atoms with E-state index in [1.54, 1.807) is 6.92 Å². The largest absolute Gasteiger partial charge is 0.294 e. The van der Waals surface area contributed by atoms with Gasteiger partial charge in [0.05, 0.1) is 11.1 Å². The van der Waals surface area contributed by atoms with E-state index in [1.165, 1.54) is 26.0 Å². The minimum atomic E-state index is -0.417. The molecule has 0 spiro atoms. The number of hydrogen-bond donors (Lipinski definition) is 0. The van der Waals surface area contributed by atoms with E-state index in [2.05, 4.69) is 0 Å². The first-order valence-corrected chi connectivity index (χ1v) is 5.94. The molecule has 1 heterocycles. The molecule has 0 atom stereocenters. The summed E-state index contributed by atoms with van der Waals surface area (Å²) in [5.74, 6) is -1.44. The molecular formula is C14H13NO4. The molecule has 2 amide bonds. The van der Waals surface area contributed by atoms with E-state index >= 15 is 0 Å². The first-order valence-electron chi connectivity index (χ1n) is 5.94. The second-order valence-electron chi connectivity index (χ2n) is 4.41. The van der Waals surface area contributed by atoms with Crippen LogP contribution in [0.15, 0.2) is 12.1 Å². The molecule has 0 unspecified atom stereocenters. The second kappa shape index (κ2) is 4.42. The number of benzene rings is 1. The summed E-state index contributed by atoms with van der Waals surface area (Å²) in [7, 11) is 0. The smallest absolute Gasteiger partial charge is 0.261 e. The fraction of sp³-hybridized carbons (Fsp3) is 0.286. The summed E-state index contributed by atoms with van der Waals surface area (Å²) >= 11 is 0. The lowest BCUT2D eigenvalue weighted by molar-refractivity contribution is 0.0662. The van der Waals surface area contributed by atoms with E-state index in [4.69, 9.17) is 0 Å². The van der Waals surface area contributed by atoms with Crippen LogP contribution in [0.2, 0.25) is 0 Å². The number of hydrogen-bond acceptors (Lipinski definition) is 4.